The Morgan fingerprint density at radius 3 is 1.07 bits per heavy atom. The molecule has 2 aliphatic carbocycles. The van der Waals surface area contributed by atoms with Crippen molar-refractivity contribution >= 4 is 38.5 Å². The van der Waals surface area contributed by atoms with Gasteiger partial charge in [-0.25, -0.2) is 0 Å². The van der Waals surface area contributed by atoms with E-state index in [2.05, 4.69) is 145 Å². The van der Waals surface area contributed by atoms with E-state index in [1.165, 1.54) is 76.7 Å². The molecule has 0 bridgehead atoms. The van der Waals surface area contributed by atoms with Gasteiger partial charge in [0.1, 0.15) is 14.2 Å². The van der Waals surface area contributed by atoms with Gasteiger partial charge < -0.3 is 58.7 Å². The first-order valence-electron chi connectivity index (χ1n) is 30.3. The number of hydrogen-bond donors (Lipinski definition) is 4. The summed E-state index contributed by atoms with van der Waals surface area (Å²) in [4.78, 5) is 37.5. The number of carbonyl (C=O) groups is 2. The number of aromatic amines is 2. The Kier molecular flexibility index (Phi) is 31.2. The summed E-state index contributed by atoms with van der Waals surface area (Å²) in [5, 5.41) is 17.0. The van der Waals surface area contributed by atoms with Crippen LogP contribution in [-0.4, -0.2) is 111 Å². The second-order valence-corrected chi connectivity index (χ2v) is 26.7. The molecule has 9 heterocycles. The first-order chi connectivity index (χ1) is 39.7. The van der Waals surface area contributed by atoms with Crippen LogP contribution in [0.15, 0.2) is 104 Å². The zero-order chi connectivity index (χ0) is 63.7. The van der Waals surface area contributed by atoms with Crippen molar-refractivity contribution in [2.45, 2.75) is 234 Å². The summed E-state index contributed by atoms with van der Waals surface area (Å²) in [5.74, 6) is -0.00438. The van der Waals surface area contributed by atoms with E-state index in [4.69, 9.17) is 38.1 Å². The number of nitrogens with one attached hydrogen (secondary N) is 4. The van der Waals surface area contributed by atoms with Gasteiger partial charge in [-0.1, -0.05) is 90.2 Å². The van der Waals surface area contributed by atoms with E-state index in [1.807, 2.05) is 102 Å². The Balaban J connectivity index is 0.000000362. The number of carbonyl (C=O) groups excluding carboxylic acids is 2. The molecule has 484 valence electrons. The number of fused-ring (bicyclic) bond motifs is 2. The molecule has 21 heteroatoms. The molecule has 0 spiro atoms. The molecule has 7 aliphatic rings. The molecule has 5 aliphatic heterocycles. The third kappa shape index (κ3) is 22.4. The van der Waals surface area contributed by atoms with E-state index >= 15 is 0 Å². The molecular weight excluding hydrogens is 1450 g/mol. The van der Waals surface area contributed by atoms with Gasteiger partial charge in [0.05, 0.1) is 69.2 Å². The minimum absolute atomic E-state index is 0. The van der Waals surface area contributed by atoms with Crippen molar-refractivity contribution in [2.75, 3.05) is 14.2 Å². The van der Waals surface area contributed by atoms with E-state index in [-0.39, 0.29) is 96.5 Å². The van der Waals surface area contributed by atoms with E-state index in [0.717, 1.165) is 33.9 Å². The fourth-order valence-electron chi connectivity index (χ4n) is 9.04. The maximum atomic E-state index is 11.5. The largest absolute Gasteiger partial charge is 0.512 e. The molecule has 8 N–H and O–H groups in total. The molecule has 3 saturated heterocycles. The number of H-pyrrole nitrogens is 2. The summed E-state index contributed by atoms with van der Waals surface area (Å²) in [5.41, 5.74) is 6.74. The third-order valence-electron chi connectivity index (χ3n) is 16.5. The second kappa shape index (κ2) is 34.4. The predicted molar refractivity (Wildman–Crippen MR) is 349 cm³/mol. The Morgan fingerprint density at radius 2 is 0.759 bits per heavy atom. The zero-order valence-corrected chi connectivity index (χ0v) is 60.7. The van der Waals surface area contributed by atoms with Crippen LogP contribution in [0.1, 0.15) is 219 Å². The van der Waals surface area contributed by atoms with Crippen LogP contribution in [0.4, 0.5) is 0 Å². The van der Waals surface area contributed by atoms with Gasteiger partial charge in [-0.05, 0) is 193 Å². The molecule has 0 unspecified atom stereocenters. The molecule has 2 radical (unpaired) electrons. The van der Waals surface area contributed by atoms with Crippen LogP contribution in [0.3, 0.4) is 0 Å². The SMILES string of the molecule is C1=CCC/C=C\CC1.C1=CCC/C=C\CC1.CC(C)(C)c1ccnc(-c2cc(C(C)(C)C)ccn2)c1.CC1(C)OB(B2OC(C)(C)C(C)(C)O2)OC1(C)C.CC1(C)OB(c2cc3c([nH]2)CNC3=O)OC1(C)C.C[OH2+].C[OH2+].O=C1NCc2[nH]ccc21.[Ir].[Ir]. The molecule has 0 saturated carbocycles. The van der Waals surface area contributed by atoms with Gasteiger partial charge in [-0.2, -0.15) is 0 Å². The van der Waals surface area contributed by atoms with Gasteiger partial charge in [0.15, 0.2) is 0 Å². The van der Waals surface area contributed by atoms with Gasteiger partial charge in [-0.15, -0.1) is 0 Å². The van der Waals surface area contributed by atoms with Crippen molar-refractivity contribution in [1.29, 1.82) is 0 Å². The second-order valence-electron chi connectivity index (χ2n) is 26.7. The maximum absolute atomic E-state index is 11.5. The number of hydrogen-bond acceptors (Lipinski definition) is 10. The van der Waals surface area contributed by atoms with Gasteiger partial charge in [0, 0.05) is 75.8 Å². The van der Waals surface area contributed by atoms with E-state index in [1.54, 1.807) is 12.3 Å². The summed E-state index contributed by atoms with van der Waals surface area (Å²) in [6.07, 6.45) is 33.5. The number of amides is 2. The number of pyridine rings is 2. The molecular formula is C66H105B3Ir2N6O10+2. The quantitative estimate of drug-likeness (QED) is 0.0864. The van der Waals surface area contributed by atoms with Crippen LogP contribution in [0.25, 0.3) is 11.4 Å². The molecule has 0 atom stereocenters. The third-order valence-corrected chi connectivity index (χ3v) is 16.5. The number of rotatable bonds is 3. The van der Waals surface area contributed by atoms with Crippen molar-refractivity contribution in [2.24, 2.45) is 0 Å². The number of aromatic nitrogens is 4. The van der Waals surface area contributed by atoms with Crippen molar-refractivity contribution in [1.82, 2.24) is 30.6 Å². The van der Waals surface area contributed by atoms with Crippen LogP contribution in [0, 0.1) is 0 Å². The fraction of sp³-hybridized carbons (Fsp3) is 0.576. The molecule has 4 aromatic rings. The topological polar surface area (TPSA) is 217 Å². The minimum Gasteiger partial charge on any atom is -0.448 e. The van der Waals surface area contributed by atoms with Gasteiger partial charge in [0.2, 0.25) is 0 Å². The Bertz CT molecular complexity index is 2670. The molecule has 0 aromatic carbocycles. The molecule has 87 heavy (non-hydrogen) atoms. The summed E-state index contributed by atoms with van der Waals surface area (Å²) >= 11 is 0. The van der Waals surface area contributed by atoms with Crippen molar-refractivity contribution in [3.05, 3.63) is 137 Å². The molecule has 11 rings (SSSR count). The normalized spacial score (nSPS) is 20.6. The maximum Gasteiger partial charge on any atom is 0.512 e. The minimum atomic E-state index is -0.476. The van der Waals surface area contributed by atoms with Crippen LogP contribution in [-0.2, 0) is 92.1 Å². The Hall–Kier alpha value is -4.07. The first kappa shape index (κ1) is 79.0. The number of allylic oxidation sites excluding steroid dienone is 8. The van der Waals surface area contributed by atoms with Gasteiger partial charge in [-0.3, -0.25) is 19.6 Å². The summed E-state index contributed by atoms with van der Waals surface area (Å²) in [7, 11) is 1.11. The standard InChI is InChI=1S/C18H24N2.C12H24B2O4.C12H17BN2O3.2C8H12.C6H6N2O.2CH4O.2Ir/c1-17(2,3)13-7-9-19-15(11-13)16-12-14(8-10-20-16)18(4,5)6;1-9(2)10(3,4)16-13(15-9)14-17-11(5,6)12(7,8)18-14;1-11(2)12(3,4)18-13(17-11)9-5-7-8(15-9)6-14-10(7)16;2*1-2-4-6-8-7-5-3-1;9-6-4-1-2-7-5(4)3-8-6;2*1-2;;/h7-12H,1-6H3;1-8H3;5,15H,6H2,1-4H3,(H,14,16);2*1-2,7-8H,3-6H2;1-2,7H,3H2,(H,8,9);2*2H,1H3;;/p+2/b;;;2*2-1-,8-7?;;;;;. The molecule has 4 aromatic heterocycles. The smallest absolute Gasteiger partial charge is 0.448 e. The molecule has 2 amide bonds. The Labute approximate surface area is 550 Å². The zero-order valence-electron chi connectivity index (χ0n) is 55.9. The first-order valence-corrected chi connectivity index (χ1v) is 30.3. The fourth-order valence-corrected chi connectivity index (χ4v) is 9.04. The average molecular weight is 1560 g/mol. The van der Waals surface area contributed by atoms with Crippen molar-refractivity contribution in [3.8, 4) is 11.4 Å². The monoisotopic (exact) mass is 1560 g/mol. The summed E-state index contributed by atoms with van der Waals surface area (Å²) < 4.78 is 35.7. The molecule has 16 nitrogen and oxygen atoms in total. The van der Waals surface area contributed by atoms with Gasteiger partial charge >= 0.3 is 21.1 Å². The summed E-state index contributed by atoms with van der Waals surface area (Å²) in [6, 6.07) is 12.1. The summed E-state index contributed by atoms with van der Waals surface area (Å²) in [6.45, 7) is 38.7. The average Bonchev–Trinajstić information content (AvgIpc) is 1.69. The predicted octanol–water partition coefficient (Wildman–Crippen LogP) is 11.8. The van der Waals surface area contributed by atoms with E-state index < -0.39 is 21.1 Å². The van der Waals surface area contributed by atoms with Gasteiger partial charge in [0.25, 0.3) is 11.8 Å². The number of nitrogens with zero attached hydrogens (tertiary/aromatic N) is 2. The van der Waals surface area contributed by atoms with E-state index in [0.29, 0.717) is 18.7 Å². The van der Waals surface area contributed by atoms with Crippen LogP contribution in [0.5, 0.6) is 0 Å². The molecule has 3 fully saturated rings. The van der Waals surface area contributed by atoms with Crippen molar-refractivity contribution in [3.63, 3.8) is 0 Å². The van der Waals surface area contributed by atoms with Crippen LogP contribution in [0.2, 0.25) is 0 Å². The van der Waals surface area contributed by atoms with Crippen LogP contribution < -0.4 is 16.2 Å². The van der Waals surface area contributed by atoms with E-state index in [9.17, 15) is 9.59 Å². The Morgan fingerprint density at radius 1 is 0.448 bits per heavy atom. The van der Waals surface area contributed by atoms with Crippen LogP contribution >= 0.6 is 0 Å². The van der Waals surface area contributed by atoms with Crippen molar-refractivity contribution < 1.29 is 87.9 Å².